The lowest BCUT2D eigenvalue weighted by molar-refractivity contribution is 0.319. The summed E-state index contributed by atoms with van der Waals surface area (Å²) in [4.78, 5) is 0. The molecule has 3 atom stereocenters. The van der Waals surface area contributed by atoms with Crippen molar-refractivity contribution >= 4 is 11.6 Å². The standard InChI is InChI=1S/C12H22ClN/c13-5-1-2-6-14-9-12-8-10-3-4-11(12)7-10/h10-12,14H,1-9H2. The topological polar surface area (TPSA) is 12.0 Å². The van der Waals surface area contributed by atoms with E-state index in [0.29, 0.717) is 0 Å². The molecule has 14 heavy (non-hydrogen) atoms. The molecule has 1 N–H and O–H groups in total. The zero-order chi connectivity index (χ0) is 9.80. The second-order valence-corrected chi connectivity index (χ2v) is 5.41. The first-order valence-electron chi connectivity index (χ1n) is 6.17. The van der Waals surface area contributed by atoms with Crippen LogP contribution in [-0.4, -0.2) is 19.0 Å². The van der Waals surface area contributed by atoms with Gasteiger partial charge in [0.25, 0.3) is 0 Å². The van der Waals surface area contributed by atoms with Gasteiger partial charge in [-0.2, -0.15) is 0 Å². The third-order valence-corrected chi connectivity index (χ3v) is 4.30. The summed E-state index contributed by atoms with van der Waals surface area (Å²) >= 11 is 5.63. The van der Waals surface area contributed by atoms with Crippen molar-refractivity contribution in [3.63, 3.8) is 0 Å². The molecule has 2 bridgehead atoms. The summed E-state index contributed by atoms with van der Waals surface area (Å²) in [5, 5.41) is 3.59. The number of alkyl halides is 1. The zero-order valence-electron chi connectivity index (χ0n) is 8.97. The number of fused-ring (bicyclic) bond motifs is 2. The lowest BCUT2D eigenvalue weighted by Gasteiger charge is -2.21. The van der Waals surface area contributed by atoms with E-state index in [2.05, 4.69) is 5.32 Å². The van der Waals surface area contributed by atoms with Gasteiger partial charge < -0.3 is 5.32 Å². The molecule has 3 unspecified atom stereocenters. The van der Waals surface area contributed by atoms with Gasteiger partial charge in [-0.1, -0.05) is 6.42 Å². The fraction of sp³-hybridized carbons (Fsp3) is 1.00. The van der Waals surface area contributed by atoms with Crippen LogP contribution in [0.25, 0.3) is 0 Å². The van der Waals surface area contributed by atoms with Crippen LogP contribution in [0.4, 0.5) is 0 Å². The molecule has 2 rings (SSSR count). The van der Waals surface area contributed by atoms with E-state index in [1.54, 1.807) is 0 Å². The van der Waals surface area contributed by atoms with Gasteiger partial charge in [0.05, 0.1) is 0 Å². The molecule has 0 spiro atoms. The highest BCUT2D eigenvalue weighted by atomic mass is 35.5. The number of halogens is 1. The lowest BCUT2D eigenvalue weighted by atomic mass is 9.89. The Bertz CT molecular complexity index is 172. The number of rotatable bonds is 6. The van der Waals surface area contributed by atoms with E-state index in [-0.39, 0.29) is 0 Å². The Morgan fingerprint density at radius 3 is 2.71 bits per heavy atom. The Kier molecular flexibility index (Phi) is 4.12. The van der Waals surface area contributed by atoms with E-state index in [1.807, 2.05) is 0 Å². The summed E-state index contributed by atoms with van der Waals surface area (Å²) in [5.74, 6) is 3.98. The third-order valence-electron chi connectivity index (χ3n) is 4.03. The second kappa shape index (κ2) is 5.37. The van der Waals surface area contributed by atoms with E-state index < -0.39 is 0 Å². The van der Waals surface area contributed by atoms with Crippen LogP contribution in [0.15, 0.2) is 0 Å². The summed E-state index contributed by atoms with van der Waals surface area (Å²) in [6.45, 7) is 2.43. The Labute approximate surface area is 92.6 Å². The monoisotopic (exact) mass is 215 g/mol. The van der Waals surface area contributed by atoms with Crippen LogP contribution in [0.3, 0.4) is 0 Å². The normalized spacial score (nSPS) is 35.4. The summed E-state index contributed by atoms with van der Waals surface area (Å²) in [7, 11) is 0. The van der Waals surface area contributed by atoms with Crippen molar-refractivity contribution in [3.8, 4) is 0 Å². The van der Waals surface area contributed by atoms with Gasteiger partial charge in [-0.15, -0.1) is 11.6 Å². The molecule has 0 radical (unpaired) electrons. The van der Waals surface area contributed by atoms with Crippen LogP contribution in [0, 0.1) is 17.8 Å². The molecule has 2 heteroatoms. The second-order valence-electron chi connectivity index (χ2n) is 5.04. The van der Waals surface area contributed by atoms with Crippen LogP contribution in [-0.2, 0) is 0 Å². The summed E-state index contributed by atoms with van der Waals surface area (Å²) in [6.07, 6.45) is 8.48. The highest BCUT2D eigenvalue weighted by Gasteiger charge is 2.38. The first kappa shape index (κ1) is 10.8. The first-order valence-corrected chi connectivity index (χ1v) is 6.70. The van der Waals surface area contributed by atoms with Crippen molar-refractivity contribution in [2.24, 2.45) is 17.8 Å². The van der Waals surface area contributed by atoms with Crippen LogP contribution in [0.2, 0.25) is 0 Å². The van der Waals surface area contributed by atoms with Crippen LogP contribution in [0.1, 0.15) is 38.5 Å². The maximum Gasteiger partial charge on any atom is 0.0223 e. The molecular weight excluding hydrogens is 194 g/mol. The molecule has 0 aliphatic heterocycles. The Morgan fingerprint density at radius 1 is 1.14 bits per heavy atom. The summed E-state index contributed by atoms with van der Waals surface area (Å²) in [6, 6.07) is 0. The molecule has 82 valence electrons. The first-order chi connectivity index (χ1) is 6.90. The van der Waals surface area contributed by atoms with Crippen molar-refractivity contribution in [1.29, 1.82) is 0 Å². The SMILES string of the molecule is ClCCCCNCC1CC2CCC1C2. The molecule has 0 aromatic rings. The van der Waals surface area contributed by atoms with Gasteiger partial charge >= 0.3 is 0 Å². The number of unbranched alkanes of at least 4 members (excludes halogenated alkanes) is 1. The lowest BCUT2D eigenvalue weighted by Crippen LogP contribution is -2.27. The van der Waals surface area contributed by atoms with Crippen molar-refractivity contribution in [1.82, 2.24) is 5.32 Å². The minimum absolute atomic E-state index is 0.815. The molecule has 2 aliphatic rings. The minimum Gasteiger partial charge on any atom is -0.316 e. The molecule has 0 saturated heterocycles. The van der Waals surface area contributed by atoms with E-state index in [0.717, 1.165) is 30.1 Å². The van der Waals surface area contributed by atoms with Gasteiger partial charge in [0.15, 0.2) is 0 Å². The molecule has 0 aromatic heterocycles. The largest absolute Gasteiger partial charge is 0.316 e. The van der Waals surface area contributed by atoms with Gasteiger partial charge in [0.1, 0.15) is 0 Å². The Hall–Kier alpha value is 0.250. The molecular formula is C12H22ClN. The van der Waals surface area contributed by atoms with E-state index in [4.69, 9.17) is 11.6 Å². The van der Waals surface area contributed by atoms with Crippen LogP contribution < -0.4 is 5.32 Å². The molecule has 0 amide bonds. The van der Waals surface area contributed by atoms with E-state index >= 15 is 0 Å². The van der Waals surface area contributed by atoms with Crippen LogP contribution in [0.5, 0.6) is 0 Å². The number of nitrogens with one attached hydrogen (secondary N) is 1. The molecule has 2 fully saturated rings. The molecule has 0 heterocycles. The summed E-state index contributed by atoms with van der Waals surface area (Å²) in [5.41, 5.74) is 0. The smallest absolute Gasteiger partial charge is 0.0223 e. The number of hydrogen-bond acceptors (Lipinski definition) is 1. The molecule has 1 nitrogen and oxygen atoms in total. The van der Waals surface area contributed by atoms with Crippen LogP contribution >= 0.6 is 11.6 Å². The highest BCUT2D eigenvalue weighted by Crippen LogP contribution is 2.47. The molecule has 0 aromatic carbocycles. The van der Waals surface area contributed by atoms with Gasteiger partial charge in [-0.3, -0.25) is 0 Å². The van der Waals surface area contributed by atoms with Gasteiger partial charge in [0.2, 0.25) is 0 Å². The van der Waals surface area contributed by atoms with E-state index in [1.165, 1.54) is 45.2 Å². The minimum atomic E-state index is 0.815. The van der Waals surface area contributed by atoms with Gasteiger partial charge in [-0.25, -0.2) is 0 Å². The maximum atomic E-state index is 5.63. The van der Waals surface area contributed by atoms with E-state index in [9.17, 15) is 0 Å². The predicted molar refractivity (Wildman–Crippen MR) is 61.8 cm³/mol. The Balaban J connectivity index is 1.54. The Morgan fingerprint density at radius 2 is 2.07 bits per heavy atom. The van der Waals surface area contributed by atoms with Crippen molar-refractivity contribution in [3.05, 3.63) is 0 Å². The number of hydrogen-bond donors (Lipinski definition) is 1. The molecule has 2 aliphatic carbocycles. The quantitative estimate of drug-likeness (QED) is 0.531. The predicted octanol–water partition coefficient (Wildman–Crippen LogP) is 3.03. The van der Waals surface area contributed by atoms with Crippen molar-refractivity contribution in [2.75, 3.05) is 19.0 Å². The van der Waals surface area contributed by atoms with Crippen molar-refractivity contribution in [2.45, 2.75) is 38.5 Å². The zero-order valence-corrected chi connectivity index (χ0v) is 9.73. The maximum absolute atomic E-state index is 5.63. The fourth-order valence-electron chi connectivity index (χ4n) is 3.26. The average Bonchev–Trinajstić information content (AvgIpc) is 2.79. The van der Waals surface area contributed by atoms with Gasteiger partial charge in [-0.05, 0) is 62.9 Å². The molecule has 2 saturated carbocycles. The summed E-state index contributed by atoms with van der Waals surface area (Å²) < 4.78 is 0. The third kappa shape index (κ3) is 2.64. The van der Waals surface area contributed by atoms with Gasteiger partial charge in [0, 0.05) is 5.88 Å². The fourth-order valence-corrected chi connectivity index (χ4v) is 3.45. The van der Waals surface area contributed by atoms with Crippen molar-refractivity contribution < 1.29 is 0 Å². The highest BCUT2D eigenvalue weighted by molar-refractivity contribution is 6.17. The average molecular weight is 216 g/mol.